The Hall–Kier alpha value is -1.59. The lowest BCUT2D eigenvalue weighted by atomic mass is 10.0. The zero-order chi connectivity index (χ0) is 49.5. The third-order valence-electron chi connectivity index (χ3n) is 14.3. The molecular weight excluding hydrogens is 841 g/mol. The quantitative estimate of drug-likeness (QED) is 0.0343. The summed E-state index contributed by atoms with van der Waals surface area (Å²) in [6, 6.07) is 0. The Morgan fingerprint density at radius 2 is 0.485 bits per heavy atom. The zero-order valence-corrected chi connectivity index (χ0v) is 46.6. The van der Waals surface area contributed by atoms with Crippen LogP contribution in [0.5, 0.6) is 0 Å². The van der Waals surface area contributed by atoms with Gasteiger partial charge in [-0.3, -0.25) is 14.4 Å². The second-order valence-electron chi connectivity index (χ2n) is 21.8. The molecule has 0 aromatic carbocycles. The van der Waals surface area contributed by atoms with Crippen molar-refractivity contribution in [2.24, 2.45) is 5.92 Å². The Kier molecular flexibility index (Phi) is 55.0. The van der Waals surface area contributed by atoms with E-state index in [1.807, 2.05) is 0 Å². The van der Waals surface area contributed by atoms with E-state index in [1.165, 1.54) is 250 Å². The Morgan fingerprint density at radius 3 is 0.721 bits per heavy atom. The summed E-state index contributed by atoms with van der Waals surface area (Å²) < 4.78 is 16.9. The van der Waals surface area contributed by atoms with E-state index in [1.54, 1.807) is 0 Å². The van der Waals surface area contributed by atoms with E-state index in [4.69, 9.17) is 14.2 Å². The minimum absolute atomic E-state index is 0.0614. The minimum Gasteiger partial charge on any atom is -0.462 e. The van der Waals surface area contributed by atoms with E-state index >= 15 is 0 Å². The monoisotopic (exact) mass is 961 g/mol. The van der Waals surface area contributed by atoms with Gasteiger partial charge in [0.2, 0.25) is 0 Å². The normalized spacial score (nSPS) is 12.0. The lowest BCUT2D eigenvalue weighted by Crippen LogP contribution is -2.30. The Labute approximate surface area is 425 Å². The highest BCUT2D eigenvalue weighted by Gasteiger charge is 2.19. The third kappa shape index (κ3) is 55.3. The van der Waals surface area contributed by atoms with Crippen molar-refractivity contribution in [2.75, 3.05) is 13.2 Å². The van der Waals surface area contributed by atoms with Gasteiger partial charge in [-0.05, 0) is 25.2 Å². The van der Waals surface area contributed by atoms with Crippen LogP contribution in [0, 0.1) is 5.92 Å². The molecule has 0 fully saturated rings. The fraction of sp³-hybridized carbons (Fsp3) is 0.952. The van der Waals surface area contributed by atoms with Crippen LogP contribution >= 0.6 is 0 Å². The second kappa shape index (κ2) is 56.3. The fourth-order valence-corrected chi connectivity index (χ4v) is 9.63. The van der Waals surface area contributed by atoms with E-state index in [0.29, 0.717) is 19.3 Å². The summed E-state index contributed by atoms with van der Waals surface area (Å²) in [6.45, 7) is 9.08. The molecule has 0 bridgehead atoms. The molecule has 0 saturated heterocycles. The van der Waals surface area contributed by atoms with Crippen molar-refractivity contribution in [2.45, 2.75) is 361 Å². The fourth-order valence-electron chi connectivity index (χ4n) is 9.63. The van der Waals surface area contributed by atoms with Gasteiger partial charge in [0, 0.05) is 19.3 Å². The van der Waals surface area contributed by atoms with E-state index in [-0.39, 0.29) is 31.1 Å². The molecule has 0 spiro atoms. The topological polar surface area (TPSA) is 78.9 Å². The van der Waals surface area contributed by atoms with Gasteiger partial charge in [0.1, 0.15) is 13.2 Å². The summed E-state index contributed by atoms with van der Waals surface area (Å²) >= 11 is 0. The molecular formula is C62H120O6. The van der Waals surface area contributed by atoms with Crippen molar-refractivity contribution in [3.63, 3.8) is 0 Å². The smallest absolute Gasteiger partial charge is 0.306 e. The summed E-state index contributed by atoms with van der Waals surface area (Å²) in [6.07, 6.45) is 62.4. The maximum absolute atomic E-state index is 12.9. The molecule has 0 rings (SSSR count). The van der Waals surface area contributed by atoms with Gasteiger partial charge in [-0.25, -0.2) is 0 Å². The van der Waals surface area contributed by atoms with Crippen LogP contribution < -0.4 is 0 Å². The van der Waals surface area contributed by atoms with Crippen molar-refractivity contribution >= 4 is 17.9 Å². The molecule has 1 atom stereocenters. The summed E-state index contributed by atoms with van der Waals surface area (Å²) in [5.41, 5.74) is 0. The number of ether oxygens (including phenoxy) is 3. The Bertz CT molecular complexity index is 1030. The van der Waals surface area contributed by atoms with Crippen LogP contribution in [0.4, 0.5) is 0 Å². The van der Waals surface area contributed by atoms with Crippen molar-refractivity contribution in [1.82, 2.24) is 0 Å². The van der Waals surface area contributed by atoms with Gasteiger partial charge in [0.25, 0.3) is 0 Å². The lowest BCUT2D eigenvalue weighted by Gasteiger charge is -2.18. The number of esters is 3. The molecule has 6 heteroatoms. The molecule has 404 valence electrons. The molecule has 0 aromatic heterocycles. The van der Waals surface area contributed by atoms with Crippen LogP contribution in [0.2, 0.25) is 0 Å². The highest BCUT2D eigenvalue weighted by Crippen LogP contribution is 2.18. The number of hydrogen-bond donors (Lipinski definition) is 0. The first-order chi connectivity index (χ1) is 33.4. The number of hydrogen-bond acceptors (Lipinski definition) is 6. The Morgan fingerprint density at radius 1 is 0.279 bits per heavy atom. The molecule has 6 nitrogen and oxygen atoms in total. The number of unbranched alkanes of at least 4 members (excludes halogenated alkanes) is 44. The molecule has 0 aliphatic heterocycles. The molecule has 0 radical (unpaired) electrons. The van der Waals surface area contributed by atoms with Crippen LogP contribution in [0.3, 0.4) is 0 Å². The molecule has 0 aliphatic carbocycles. The SMILES string of the molecule is CCCCCCCCCCCCCCCCCCCCCC(=O)OC[C@@H](COC(=O)CCCCCCCCCCCCCCCC(C)C)OC(=O)CCCCCCCCCCCCCCCCC. The summed E-state index contributed by atoms with van der Waals surface area (Å²) in [5, 5.41) is 0. The predicted octanol–water partition coefficient (Wildman–Crippen LogP) is 20.6. The molecule has 0 heterocycles. The van der Waals surface area contributed by atoms with E-state index in [0.717, 1.165) is 63.7 Å². The maximum Gasteiger partial charge on any atom is 0.306 e. The van der Waals surface area contributed by atoms with Gasteiger partial charge in [0.15, 0.2) is 6.10 Å². The van der Waals surface area contributed by atoms with E-state index in [9.17, 15) is 14.4 Å². The number of carbonyl (C=O) groups excluding carboxylic acids is 3. The number of rotatable bonds is 57. The Balaban J connectivity index is 4.27. The summed E-state index contributed by atoms with van der Waals surface area (Å²) in [4.78, 5) is 38.2. The third-order valence-corrected chi connectivity index (χ3v) is 14.3. The van der Waals surface area contributed by atoms with Crippen molar-refractivity contribution in [3.05, 3.63) is 0 Å². The average Bonchev–Trinajstić information content (AvgIpc) is 3.32. The predicted molar refractivity (Wildman–Crippen MR) is 293 cm³/mol. The van der Waals surface area contributed by atoms with E-state index in [2.05, 4.69) is 27.7 Å². The largest absolute Gasteiger partial charge is 0.462 e. The minimum atomic E-state index is -0.762. The van der Waals surface area contributed by atoms with Crippen molar-refractivity contribution in [1.29, 1.82) is 0 Å². The first-order valence-electron chi connectivity index (χ1n) is 30.9. The van der Waals surface area contributed by atoms with Crippen LogP contribution in [-0.4, -0.2) is 37.2 Å². The molecule has 0 aromatic rings. The summed E-state index contributed by atoms with van der Waals surface area (Å²) in [5.74, 6) is 0.00940. The molecule has 0 aliphatic rings. The molecule has 0 unspecified atom stereocenters. The van der Waals surface area contributed by atoms with Gasteiger partial charge in [-0.15, -0.1) is 0 Å². The van der Waals surface area contributed by atoms with E-state index < -0.39 is 6.10 Å². The van der Waals surface area contributed by atoms with Gasteiger partial charge in [-0.1, -0.05) is 317 Å². The van der Waals surface area contributed by atoms with Gasteiger partial charge in [-0.2, -0.15) is 0 Å². The highest BCUT2D eigenvalue weighted by molar-refractivity contribution is 5.71. The average molecular weight is 962 g/mol. The molecule has 0 saturated carbocycles. The lowest BCUT2D eigenvalue weighted by molar-refractivity contribution is -0.167. The molecule has 0 amide bonds. The van der Waals surface area contributed by atoms with Gasteiger partial charge in [0.05, 0.1) is 0 Å². The second-order valence-corrected chi connectivity index (χ2v) is 21.8. The van der Waals surface area contributed by atoms with Crippen LogP contribution in [-0.2, 0) is 28.6 Å². The molecule has 68 heavy (non-hydrogen) atoms. The maximum atomic E-state index is 12.9. The van der Waals surface area contributed by atoms with Gasteiger partial charge < -0.3 is 14.2 Å². The first-order valence-corrected chi connectivity index (χ1v) is 30.9. The van der Waals surface area contributed by atoms with Gasteiger partial charge >= 0.3 is 17.9 Å². The highest BCUT2D eigenvalue weighted by atomic mass is 16.6. The standard InChI is InChI=1S/C62H120O6/c1-5-7-9-11-13-15-17-19-21-22-23-24-26-29-33-37-41-45-49-53-60(63)66-56-59(68-62(65)55-51-47-43-39-35-30-25-20-18-16-14-12-10-8-6-2)57-67-61(64)54-50-46-42-38-34-31-27-28-32-36-40-44-48-52-58(3)4/h58-59H,5-57H2,1-4H3/t59-/m0/s1. The van der Waals surface area contributed by atoms with Crippen LogP contribution in [0.1, 0.15) is 355 Å². The first kappa shape index (κ1) is 66.4. The van der Waals surface area contributed by atoms with Crippen molar-refractivity contribution in [3.8, 4) is 0 Å². The zero-order valence-electron chi connectivity index (χ0n) is 46.6. The van der Waals surface area contributed by atoms with Crippen LogP contribution in [0.15, 0.2) is 0 Å². The number of carbonyl (C=O) groups is 3. The van der Waals surface area contributed by atoms with Crippen LogP contribution in [0.25, 0.3) is 0 Å². The van der Waals surface area contributed by atoms with Crippen molar-refractivity contribution < 1.29 is 28.6 Å². The summed E-state index contributed by atoms with van der Waals surface area (Å²) in [7, 11) is 0. The molecule has 0 N–H and O–H groups in total.